The first-order chi connectivity index (χ1) is 8.42. The molecule has 0 heterocycles. The molecule has 1 aliphatic rings. The van der Waals surface area contributed by atoms with Crippen molar-refractivity contribution in [2.45, 2.75) is 24.7 Å². The quantitative estimate of drug-likeness (QED) is 0.905. The fraction of sp³-hybridized carbons (Fsp3) is 0.417. The van der Waals surface area contributed by atoms with Crippen LogP contribution in [0.5, 0.6) is 5.75 Å². The Labute approximate surface area is 101 Å². The number of methoxy groups -OCH3 is 1. The Balaban J connectivity index is 2.61. The van der Waals surface area contributed by atoms with Gasteiger partial charge in [-0.15, -0.1) is 0 Å². The average Bonchev–Trinajstić information content (AvgIpc) is 3.08. The van der Waals surface area contributed by atoms with Crippen molar-refractivity contribution < 1.29 is 27.8 Å². The van der Waals surface area contributed by atoms with Crippen molar-refractivity contribution in [3.05, 3.63) is 29.1 Å². The Morgan fingerprint density at radius 1 is 1.44 bits per heavy atom. The van der Waals surface area contributed by atoms with Gasteiger partial charge in [-0.2, -0.15) is 0 Å². The molecule has 1 aliphatic carbocycles. The number of rotatable bonds is 4. The van der Waals surface area contributed by atoms with Gasteiger partial charge in [0.15, 0.2) is 11.6 Å². The molecular formula is C12H11F3O3. The molecule has 1 fully saturated rings. The molecule has 2 rings (SSSR count). The van der Waals surface area contributed by atoms with Crippen LogP contribution in [0.4, 0.5) is 13.2 Å². The van der Waals surface area contributed by atoms with Gasteiger partial charge in [-0.1, -0.05) is 0 Å². The number of benzene rings is 1. The van der Waals surface area contributed by atoms with Crippen LogP contribution in [0.15, 0.2) is 12.1 Å². The minimum atomic E-state index is -2.85. The molecule has 1 aromatic rings. The number of carbonyl (C=O) groups is 1. The van der Waals surface area contributed by atoms with E-state index in [4.69, 9.17) is 9.84 Å². The zero-order valence-corrected chi connectivity index (χ0v) is 9.54. The highest BCUT2D eigenvalue weighted by atomic mass is 19.3. The second-order valence-electron chi connectivity index (χ2n) is 4.27. The third-order valence-electron chi connectivity index (χ3n) is 3.20. The lowest BCUT2D eigenvalue weighted by molar-refractivity contribution is -0.140. The molecule has 1 aromatic carbocycles. The van der Waals surface area contributed by atoms with Crippen LogP contribution in [0.25, 0.3) is 0 Å². The highest BCUT2D eigenvalue weighted by Gasteiger charge is 2.54. The van der Waals surface area contributed by atoms with Gasteiger partial charge in [-0.3, -0.25) is 4.79 Å². The Morgan fingerprint density at radius 2 is 2.06 bits per heavy atom. The second kappa shape index (κ2) is 4.19. The van der Waals surface area contributed by atoms with Gasteiger partial charge < -0.3 is 9.84 Å². The number of hydrogen-bond donors (Lipinski definition) is 1. The largest absolute Gasteiger partial charge is 0.493 e. The molecule has 0 aliphatic heterocycles. The zero-order chi connectivity index (χ0) is 13.5. The summed E-state index contributed by atoms with van der Waals surface area (Å²) >= 11 is 0. The lowest BCUT2D eigenvalue weighted by atomic mass is 9.93. The van der Waals surface area contributed by atoms with Crippen LogP contribution in [-0.2, 0) is 10.2 Å². The van der Waals surface area contributed by atoms with E-state index in [1.165, 1.54) is 7.11 Å². The summed E-state index contributed by atoms with van der Waals surface area (Å²) in [5.74, 6) is -2.37. The van der Waals surface area contributed by atoms with Gasteiger partial charge in [-0.05, 0) is 25.0 Å². The Morgan fingerprint density at radius 3 is 2.44 bits per heavy atom. The van der Waals surface area contributed by atoms with Crippen LogP contribution in [-0.4, -0.2) is 18.2 Å². The van der Waals surface area contributed by atoms with Crippen molar-refractivity contribution >= 4 is 5.97 Å². The molecule has 0 unspecified atom stereocenters. The van der Waals surface area contributed by atoms with Crippen molar-refractivity contribution in [1.29, 1.82) is 0 Å². The molecule has 0 amide bonds. The van der Waals surface area contributed by atoms with E-state index in [-0.39, 0.29) is 11.3 Å². The highest BCUT2D eigenvalue weighted by Crippen LogP contribution is 2.52. The van der Waals surface area contributed by atoms with Gasteiger partial charge in [0.2, 0.25) is 0 Å². The zero-order valence-electron chi connectivity index (χ0n) is 9.54. The highest BCUT2D eigenvalue weighted by molar-refractivity contribution is 5.86. The molecule has 1 N–H and O–H groups in total. The first-order valence-electron chi connectivity index (χ1n) is 5.32. The predicted octanol–water partition coefficient (Wildman–Crippen LogP) is 2.89. The lowest BCUT2D eigenvalue weighted by Gasteiger charge is -2.17. The minimum Gasteiger partial charge on any atom is -0.493 e. The summed E-state index contributed by atoms with van der Waals surface area (Å²) in [6.45, 7) is 0. The molecule has 0 saturated heterocycles. The van der Waals surface area contributed by atoms with Gasteiger partial charge in [0.1, 0.15) is 0 Å². The smallest absolute Gasteiger partial charge is 0.314 e. The molecule has 18 heavy (non-hydrogen) atoms. The molecule has 1 saturated carbocycles. The first-order valence-corrected chi connectivity index (χ1v) is 5.32. The Kier molecular flexibility index (Phi) is 2.96. The van der Waals surface area contributed by atoms with Crippen molar-refractivity contribution in [3.63, 3.8) is 0 Å². The lowest BCUT2D eigenvalue weighted by Crippen LogP contribution is -2.21. The van der Waals surface area contributed by atoms with Crippen molar-refractivity contribution in [2.24, 2.45) is 0 Å². The number of ether oxygens (including phenoxy) is 1. The van der Waals surface area contributed by atoms with Crippen LogP contribution in [0.2, 0.25) is 0 Å². The van der Waals surface area contributed by atoms with Gasteiger partial charge in [0.25, 0.3) is 6.43 Å². The standard InChI is InChI=1S/C12H11F3O3/c1-18-9-7(12(2-3-12)11(16)17)4-6(10(14)15)5-8(9)13/h4-5,10H,2-3H2,1H3,(H,16,17). The average molecular weight is 260 g/mol. The summed E-state index contributed by atoms with van der Waals surface area (Å²) < 4.78 is 43.7. The first kappa shape index (κ1) is 12.7. The number of carboxylic acids is 1. The molecule has 0 atom stereocenters. The third kappa shape index (κ3) is 1.81. The molecule has 98 valence electrons. The summed E-state index contributed by atoms with van der Waals surface area (Å²) in [6.07, 6.45) is -2.26. The molecular weight excluding hydrogens is 249 g/mol. The number of carboxylic acid groups (broad SMARTS) is 1. The van der Waals surface area contributed by atoms with Gasteiger partial charge in [0, 0.05) is 11.1 Å². The maximum atomic E-state index is 13.6. The van der Waals surface area contributed by atoms with Crippen LogP contribution in [0.3, 0.4) is 0 Å². The van der Waals surface area contributed by atoms with Gasteiger partial charge in [0.05, 0.1) is 12.5 Å². The SMILES string of the molecule is COc1c(F)cc(C(F)F)cc1C1(C(=O)O)CC1. The van der Waals surface area contributed by atoms with Gasteiger partial charge >= 0.3 is 5.97 Å². The van der Waals surface area contributed by atoms with Gasteiger partial charge in [-0.25, -0.2) is 13.2 Å². The Hall–Kier alpha value is -1.72. The molecule has 0 radical (unpaired) electrons. The number of aliphatic carboxylic acids is 1. The summed E-state index contributed by atoms with van der Waals surface area (Å²) in [4.78, 5) is 11.2. The predicted molar refractivity (Wildman–Crippen MR) is 56.5 cm³/mol. The van der Waals surface area contributed by atoms with E-state index in [1.54, 1.807) is 0 Å². The van der Waals surface area contributed by atoms with Crippen LogP contribution >= 0.6 is 0 Å². The molecule has 0 aromatic heterocycles. The van der Waals surface area contributed by atoms with Crippen LogP contribution < -0.4 is 4.74 Å². The molecule has 0 bridgehead atoms. The van der Waals surface area contributed by atoms with E-state index < -0.39 is 29.2 Å². The molecule has 3 nitrogen and oxygen atoms in total. The monoisotopic (exact) mass is 260 g/mol. The maximum absolute atomic E-state index is 13.6. The third-order valence-corrected chi connectivity index (χ3v) is 3.20. The van der Waals surface area contributed by atoms with Crippen molar-refractivity contribution in [2.75, 3.05) is 7.11 Å². The van der Waals surface area contributed by atoms with E-state index >= 15 is 0 Å². The van der Waals surface area contributed by atoms with E-state index in [9.17, 15) is 18.0 Å². The summed E-state index contributed by atoms with van der Waals surface area (Å²) in [5, 5.41) is 9.13. The Bertz CT molecular complexity index is 496. The number of alkyl halides is 2. The summed E-state index contributed by atoms with van der Waals surface area (Å²) in [7, 11) is 1.18. The van der Waals surface area contributed by atoms with Crippen LogP contribution in [0.1, 0.15) is 30.4 Å². The normalized spacial score (nSPS) is 16.7. The van der Waals surface area contributed by atoms with E-state index in [1.807, 2.05) is 0 Å². The minimum absolute atomic E-state index is 0.00667. The van der Waals surface area contributed by atoms with E-state index in [0.29, 0.717) is 18.9 Å². The summed E-state index contributed by atoms with van der Waals surface area (Å²) in [6, 6.07) is 1.69. The fourth-order valence-electron chi connectivity index (χ4n) is 2.03. The van der Waals surface area contributed by atoms with Crippen molar-refractivity contribution in [3.8, 4) is 5.75 Å². The van der Waals surface area contributed by atoms with E-state index in [0.717, 1.165) is 6.07 Å². The maximum Gasteiger partial charge on any atom is 0.314 e. The number of halogens is 3. The molecule has 0 spiro atoms. The topological polar surface area (TPSA) is 46.5 Å². The van der Waals surface area contributed by atoms with Crippen LogP contribution in [0, 0.1) is 5.82 Å². The summed E-state index contributed by atoms with van der Waals surface area (Å²) in [5.41, 5.74) is -1.82. The number of hydrogen-bond acceptors (Lipinski definition) is 2. The van der Waals surface area contributed by atoms with E-state index in [2.05, 4.69) is 0 Å². The molecule has 6 heteroatoms. The second-order valence-corrected chi connectivity index (χ2v) is 4.27. The fourth-order valence-corrected chi connectivity index (χ4v) is 2.03. The van der Waals surface area contributed by atoms with Crippen molar-refractivity contribution in [1.82, 2.24) is 0 Å².